The highest BCUT2D eigenvalue weighted by atomic mass is 14.9. The highest BCUT2D eigenvalue weighted by molar-refractivity contribution is 5.87. The molecular weight excluding hydrogens is 316 g/mol. The van der Waals surface area contributed by atoms with E-state index in [2.05, 4.69) is 53.1 Å². The number of hydrogen-bond acceptors (Lipinski definition) is 1. The first-order valence-corrected chi connectivity index (χ1v) is 8.24. The SMILES string of the molecule is C#CCC[n+]1ccc2c#cc#cc2c1C#Cc1nccc2ccccc12. The van der Waals surface area contributed by atoms with Crippen LogP contribution in [-0.2, 0) is 6.54 Å². The summed E-state index contributed by atoms with van der Waals surface area (Å²) in [6.07, 6.45) is 9.81. The van der Waals surface area contributed by atoms with Gasteiger partial charge in [-0.25, -0.2) is 4.98 Å². The maximum Gasteiger partial charge on any atom is 0.274 e. The first kappa shape index (κ1) is 15.5. The average Bonchev–Trinajstić information content (AvgIpc) is 2.70. The summed E-state index contributed by atoms with van der Waals surface area (Å²) in [6, 6.07) is 23.9. The van der Waals surface area contributed by atoms with E-state index in [0.29, 0.717) is 13.0 Å². The molecule has 118 valence electrons. The highest BCUT2D eigenvalue weighted by Gasteiger charge is 2.13. The average molecular weight is 329 g/mol. The molecule has 2 nitrogen and oxygen atoms in total. The number of nitrogens with zero attached hydrogens (tertiary/aromatic N) is 2. The van der Waals surface area contributed by atoms with Gasteiger partial charge in [0.15, 0.2) is 12.7 Å². The first-order chi connectivity index (χ1) is 12.9. The lowest BCUT2D eigenvalue weighted by Gasteiger charge is -2.00. The predicted molar refractivity (Wildman–Crippen MR) is 101 cm³/mol. The fourth-order valence-corrected chi connectivity index (χ4v) is 2.86. The van der Waals surface area contributed by atoms with Crippen LogP contribution >= 0.6 is 0 Å². The third-order valence-electron chi connectivity index (χ3n) is 4.13. The number of fused-ring (bicyclic) bond motifs is 2. The molecule has 0 saturated heterocycles. The molecule has 0 atom stereocenters. The number of pyridine rings is 2. The molecule has 0 amide bonds. The maximum atomic E-state index is 5.43. The van der Waals surface area contributed by atoms with Gasteiger partial charge in [-0.3, -0.25) is 0 Å². The number of aromatic nitrogens is 2. The second-order valence-electron chi connectivity index (χ2n) is 5.73. The van der Waals surface area contributed by atoms with Crippen molar-refractivity contribution in [3.05, 3.63) is 84.4 Å². The van der Waals surface area contributed by atoms with Crippen LogP contribution in [0.3, 0.4) is 0 Å². The fraction of sp³-hybridized carbons (Fsp3) is 0.0833. The number of rotatable bonds is 2. The van der Waals surface area contributed by atoms with E-state index in [9.17, 15) is 0 Å². The van der Waals surface area contributed by atoms with E-state index in [4.69, 9.17) is 6.42 Å². The van der Waals surface area contributed by atoms with E-state index >= 15 is 0 Å². The zero-order valence-electron chi connectivity index (χ0n) is 14.0. The van der Waals surface area contributed by atoms with Gasteiger partial charge < -0.3 is 0 Å². The summed E-state index contributed by atoms with van der Waals surface area (Å²) < 4.78 is 2.04. The Morgan fingerprint density at radius 3 is 2.85 bits per heavy atom. The second-order valence-corrected chi connectivity index (χ2v) is 5.73. The molecule has 0 aliphatic rings. The lowest BCUT2D eigenvalue weighted by molar-refractivity contribution is -0.696. The van der Waals surface area contributed by atoms with Gasteiger partial charge >= 0.3 is 0 Å². The number of aryl methyl sites for hydroxylation is 1. The van der Waals surface area contributed by atoms with Crippen molar-refractivity contribution in [2.24, 2.45) is 0 Å². The van der Waals surface area contributed by atoms with Gasteiger partial charge in [-0.1, -0.05) is 30.3 Å². The Morgan fingerprint density at radius 1 is 1.04 bits per heavy atom. The molecule has 0 fully saturated rings. The molecule has 2 heteroatoms. The van der Waals surface area contributed by atoms with Crippen molar-refractivity contribution in [1.82, 2.24) is 4.98 Å². The van der Waals surface area contributed by atoms with Crippen LogP contribution in [0, 0.1) is 48.5 Å². The minimum Gasteiger partial charge on any atom is -0.247 e. The van der Waals surface area contributed by atoms with Crippen molar-refractivity contribution in [2.75, 3.05) is 0 Å². The molecule has 4 rings (SSSR count). The molecule has 0 radical (unpaired) electrons. The number of hydrogen-bond donors (Lipinski definition) is 0. The lowest BCUT2D eigenvalue weighted by atomic mass is 10.1. The van der Waals surface area contributed by atoms with E-state index in [1.807, 2.05) is 41.1 Å². The van der Waals surface area contributed by atoms with Crippen LogP contribution in [0.15, 0.2) is 48.8 Å². The molecule has 4 aromatic rings. The quantitative estimate of drug-likeness (QED) is 0.407. The van der Waals surface area contributed by atoms with Crippen LogP contribution in [0.1, 0.15) is 17.8 Å². The Balaban J connectivity index is 1.89. The zero-order chi connectivity index (χ0) is 17.8. The van der Waals surface area contributed by atoms with Gasteiger partial charge in [0.25, 0.3) is 5.69 Å². The first-order valence-electron chi connectivity index (χ1n) is 8.24. The third kappa shape index (κ3) is 2.89. The minimum atomic E-state index is 0.629. The second kappa shape index (κ2) is 6.87. The molecular formula is C24H13N2+. The Hall–Kier alpha value is -3.98. The van der Waals surface area contributed by atoms with E-state index in [0.717, 1.165) is 32.9 Å². The van der Waals surface area contributed by atoms with Crippen LogP contribution in [0.5, 0.6) is 0 Å². The van der Waals surface area contributed by atoms with Crippen molar-refractivity contribution in [3.63, 3.8) is 0 Å². The van der Waals surface area contributed by atoms with Crippen LogP contribution in [-0.4, -0.2) is 4.98 Å². The molecule has 0 aliphatic carbocycles. The van der Waals surface area contributed by atoms with Gasteiger partial charge in [-0.15, -0.1) is 12.3 Å². The summed E-state index contributed by atoms with van der Waals surface area (Å²) >= 11 is 0. The van der Waals surface area contributed by atoms with Crippen molar-refractivity contribution in [1.29, 1.82) is 0 Å². The summed E-state index contributed by atoms with van der Waals surface area (Å²) in [6.45, 7) is 0.686. The third-order valence-corrected chi connectivity index (χ3v) is 4.13. The number of terminal acetylenes is 1. The molecule has 0 saturated carbocycles. The van der Waals surface area contributed by atoms with Crippen molar-refractivity contribution < 1.29 is 4.57 Å². The lowest BCUT2D eigenvalue weighted by Crippen LogP contribution is -2.37. The van der Waals surface area contributed by atoms with Crippen LogP contribution < -0.4 is 4.57 Å². The molecule has 26 heavy (non-hydrogen) atoms. The molecule has 0 unspecified atom stereocenters. The fourth-order valence-electron chi connectivity index (χ4n) is 2.86. The summed E-state index contributed by atoms with van der Waals surface area (Å²) in [5.74, 6) is 9.17. The summed E-state index contributed by atoms with van der Waals surface area (Å²) in [5.41, 5.74) is 1.58. The molecule has 0 bridgehead atoms. The highest BCUT2D eigenvalue weighted by Crippen LogP contribution is 2.16. The summed E-state index contributed by atoms with van der Waals surface area (Å²) in [5, 5.41) is 3.91. The van der Waals surface area contributed by atoms with Gasteiger partial charge in [0.1, 0.15) is 11.1 Å². The Bertz CT molecular complexity index is 1200. The molecule has 2 heterocycles. The van der Waals surface area contributed by atoms with Crippen LogP contribution in [0.4, 0.5) is 0 Å². The maximum absolute atomic E-state index is 5.43. The summed E-state index contributed by atoms with van der Waals surface area (Å²) in [4.78, 5) is 4.45. The van der Waals surface area contributed by atoms with Crippen LogP contribution in [0.2, 0.25) is 0 Å². The standard InChI is InChI=1S/C24H13N2/c1-2-3-17-26-18-15-20-9-5-7-11-22(20)24(26)13-12-23-21-10-6-4-8-19(21)14-16-25-23/h1,4,6,8,10,14-16,18H,3,17H2/q+1. The van der Waals surface area contributed by atoms with Crippen molar-refractivity contribution >= 4 is 21.5 Å². The van der Waals surface area contributed by atoms with E-state index in [-0.39, 0.29) is 0 Å². The number of benzene rings is 1. The minimum absolute atomic E-state index is 0.629. The topological polar surface area (TPSA) is 16.8 Å². The predicted octanol–water partition coefficient (Wildman–Crippen LogP) is 3.30. The van der Waals surface area contributed by atoms with Gasteiger partial charge in [-0.2, -0.15) is 4.57 Å². The summed E-state index contributed by atoms with van der Waals surface area (Å²) in [7, 11) is 0. The van der Waals surface area contributed by atoms with Crippen molar-refractivity contribution in [3.8, 4) is 24.2 Å². The van der Waals surface area contributed by atoms with E-state index in [1.54, 1.807) is 6.20 Å². The van der Waals surface area contributed by atoms with E-state index < -0.39 is 0 Å². The Labute approximate surface area is 153 Å². The van der Waals surface area contributed by atoms with Gasteiger partial charge in [0, 0.05) is 23.6 Å². The van der Waals surface area contributed by atoms with E-state index in [1.165, 1.54) is 0 Å². The van der Waals surface area contributed by atoms with Gasteiger partial charge in [0.2, 0.25) is 0 Å². The smallest absolute Gasteiger partial charge is 0.247 e. The molecule has 2 aromatic heterocycles. The van der Waals surface area contributed by atoms with Gasteiger partial charge in [0.05, 0.1) is 11.8 Å². The molecule has 0 aliphatic heterocycles. The monoisotopic (exact) mass is 329 g/mol. The Morgan fingerprint density at radius 2 is 1.92 bits per heavy atom. The molecule has 0 N–H and O–H groups in total. The molecule has 0 spiro atoms. The largest absolute Gasteiger partial charge is 0.274 e. The molecule has 2 aromatic carbocycles. The Kier molecular flexibility index (Phi) is 4.11. The van der Waals surface area contributed by atoms with Gasteiger partial charge in [-0.05, 0) is 35.6 Å². The van der Waals surface area contributed by atoms with Crippen molar-refractivity contribution in [2.45, 2.75) is 13.0 Å². The normalized spacial score (nSPS) is 9.65. The van der Waals surface area contributed by atoms with Crippen LogP contribution in [0.25, 0.3) is 21.5 Å². The zero-order valence-corrected chi connectivity index (χ0v) is 14.0.